The summed E-state index contributed by atoms with van der Waals surface area (Å²) in [5.74, 6) is -0.0420. The monoisotopic (exact) mass is 441 g/mol. The summed E-state index contributed by atoms with van der Waals surface area (Å²) >= 11 is 0. The molecule has 2 aliphatic rings. The summed E-state index contributed by atoms with van der Waals surface area (Å²) < 4.78 is 26.5. The molecule has 1 amide bonds. The van der Waals surface area contributed by atoms with Crippen molar-refractivity contribution in [2.75, 3.05) is 34.6 Å². The maximum atomic E-state index is 12.9. The number of sulfonamides is 1. The lowest BCUT2D eigenvalue weighted by Crippen LogP contribution is -2.38. The van der Waals surface area contributed by atoms with Gasteiger partial charge in [-0.15, -0.1) is 0 Å². The van der Waals surface area contributed by atoms with E-state index in [0.29, 0.717) is 24.2 Å². The van der Waals surface area contributed by atoms with Crippen LogP contribution in [-0.2, 0) is 10.0 Å². The van der Waals surface area contributed by atoms with E-state index < -0.39 is 10.0 Å². The van der Waals surface area contributed by atoms with Crippen LogP contribution < -0.4 is 14.5 Å². The second-order valence-corrected chi connectivity index (χ2v) is 10.6. The Balaban J connectivity index is 1.48. The van der Waals surface area contributed by atoms with Gasteiger partial charge in [-0.25, -0.2) is 8.42 Å². The number of amides is 1. The van der Waals surface area contributed by atoms with Crippen LogP contribution in [0.4, 0.5) is 11.4 Å². The van der Waals surface area contributed by atoms with Crippen LogP contribution in [0.1, 0.15) is 60.1 Å². The molecule has 2 aromatic carbocycles. The van der Waals surface area contributed by atoms with E-state index in [2.05, 4.69) is 34.5 Å². The highest BCUT2D eigenvalue weighted by Gasteiger charge is 2.27. The van der Waals surface area contributed by atoms with E-state index in [4.69, 9.17) is 0 Å². The van der Waals surface area contributed by atoms with Gasteiger partial charge in [0.25, 0.3) is 5.91 Å². The van der Waals surface area contributed by atoms with Crippen molar-refractivity contribution in [1.82, 2.24) is 5.32 Å². The second-order valence-electron chi connectivity index (χ2n) is 8.58. The average Bonchev–Trinajstić information content (AvgIpc) is 3.29. The Morgan fingerprint density at radius 1 is 0.968 bits per heavy atom. The van der Waals surface area contributed by atoms with Crippen LogP contribution >= 0.6 is 0 Å². The number of anilines is 2. The minimum atomic E-state index is -3.32. The summed E-state index contributed by atoms with van der Waals surface area (Å²) in [7, 11) is -3.32. The second kappa shape index (κ2) is 8.91. The summed E-state index contributed by atoms with van der Waals surface area (Å²) in [6.07, 6.45) is 4.00. The molecule has 31 heavy (non-hydrogen) atoms. The van der Waals surface area contributed by atoms with E-state index in [9.17, 15) is 13.2 Å². The first-order chi connectivity index (χ1) is 14.8. The average molecular weight is 442 g/mol. The normalized spacial score (nSPS) is 19.3. The molecule has 1 N–H and O–H groups in total. The lowest BCUT2D eigenvalue weighted by molar-refractivity contribution is 0.0940. The quantitative estimate of drug-likeness (QED) is 0.761. The summed E-state index contributed by atoms with van der Waals surface area (Å²) in [5.41, 5.74) is 4.21. The molecule has 166 valence electrons. The predicted molar refractivity (Wildman–Crippen MR) is 125 cm³/mol. The van der Waals surface area contributed by atoms with Crippen molar-refractivity contribution in [3.63, 3.8) is 0 Å². The minimum absolute atomic E-state index is 0.149. The molecular formula is C24H31N3O3S. The highest BCUT2D eigenvalue weighted by Crippen LogP contribution is 2.28. The smallest absolute Gasteiger partial charge is 0.251 e. The Morgan fingerprint density at radius 2 is 1.65 bits per heavy atom. The van der Waals surface area contributed by atoms with Crippen molar-refractivity contribution >= 4 is 27.3 Å². The van der Waals surface area contributed by atoms with Crippen molar-refractivity contribution in [3.8, 4) is 0 Å². The molecule has 1 unspecified atom stereocenters. The molecule has 2 aromatic rings. The largest absolute Gasteiger partial charge is 0.372 e. The fourth-order valence-corrected chi connectivity index (χ4v) is 6.08. The molecule has 0 spiro atoms. The van der Waals surface area contributed by atoms with Crippen LogP contribution in [0.3, 0.4) is 0 Å². The fraction of sp³-hybridized carbons (Fsp3) is 0.458. The summed E-state index contributed by atoms with van der Waals surface area (Å²) in [5, 5.41) is 3.05. The van der Waals surface area contributed by atoms with Gasteiger partial charge in [0.15, 0.2) is 0 Å². The predicted octanol–water partition coefficient (Wildman–Crippen LogP) is 4.02. The number of rotatable bonds is 5. The molecule has 2 aliphatic heterocycles. The van der Waals surface area contributed by atoms with Gasteiger partial charge < -0.3 is 10.2 Å². The van der Waals surface area contributed by atoms with E-state index in [1.54, 1.807) is 12.1 Å². The molecule has 1 atom stereocenters. The highest BCUT2D eigenvalue weighted by atomic mass is 32.2. The van der Waals surface area contributed by atoms with Crippen LogP contribution in [0, 0.1) is 6.92 Å². The number of carbonyl (C=O) groups excluding carboxylic acids is 1. The Hall–Kier alpha value is -2.54. The van der Waals surface area contributed by atoms with Crippen LogP contribution in [-0.4, -0.2) is 39.7 Å². The zero-order valence-electron chi connectivity index (χ0n) is 18.3. The first-order valence-electron chi connectivity index (χ1n) is 11.1. The Kier molecular flexibility index (Phi) is 6.23. The number of carbonyl (C=O) groups is 1. The fourth-order valence-electron chi connectivity index (χ4n) is 4.39. The highest BCUT2D eigenvalue weighted by molar-refractivity contribution is 7.92. The molecule has 2 fully saturated rings. The van der Waals surface area contributed by atoms with E-state index in [1.807, 2.05) is 19.9 Å². The van der Waals surface area contributed by atoms with Crippen LogP contribution in [0.25, 0.3) is 0 Å². The van der Waals surface area contributed by atoms with Gasteiger partial charge in [0.05, 0.1) is 17.5 Å². The van der Waals surface area contributed by atoms with Gasteiger partial charge in [0.1, 0.15) is 0 Å². The lowest BCUT2D eigenvalue weighted by Gasteiger charge is -2.29. The molecule has 0 aromatic heterocycles. The first-order valence-corrected chi connectivity index (χ1v) is 12.7. The molecule has 6 nitrogen and oxygen atoms in total. The van der Waals surface area contributed by atoms with Gasteiger partial charge in [-0.2, -0.15) is 0 Å². The Morgan fingerprint density at radius 3 is 2.32 bits per heavy atom. The first kappa shape index (κ1) is 21.7. The molecule has 2 saturated heterocycles. The molecule has 7 heteroatoms. The maximum absolute atomic E-state index is 12.9. The molecule has 0 radical (unpaired) electrons. The zero-order valence-corrected chi connectivity index (χ0v) is 19.1. The standard InChI is InChI=1S/C24H31N3O3S/c1-18-7-8-21(17-23(18)27-15-5-6-16-31(27,29)30)24(28)25-19(2)20-9-11-22(12-10-20)26-13-3-4-14-26/h7-12,17,19H,3-6,13-16H2,1-2H3,(H,25,28). The third-order valence-corrected chi connectivity index (χ3v) is 8.16. The summed E-state index contributed by atoms with van der Waals surface area (Å²) in [6, 6.07) is 13.5. The number of nitrogens with zero attached hydrogens (tertiary/aromatic N) is 2. The molecule has 0 bridgehead atoms. The van der Waals surface area contributed by atoms with Crippen LogP contribution in [0.2, 0.25) is 0 Å². The van der Waals surface area contributed by atoms with Crippen LogP contribution in [0.5, 0.6) is 0 Å². The maximum Gasteiger partial charge on any atom is 0.251 e. The van der Waals surface area contributed by atoms with E-state index >= 15 is 0 Å². The van der Waals surface area contributed by atoms with Crippen molar-refractivity contribution < 1.29 is 13.2 Å². The number of aryl methyl sites for hydroxylation is 1. The summed E-state index contributed by atoms with van der Waals surface area (Å²) in [6.45, 7) is 6.52. The molecule has 0 aliphatic carbocycles. The minimum Gasteiger partial charge on any atom is -0.372 e. The Labute approximate surface area is 185 Å². The molecule has 0 saturated carbocycles. The molecule has 2 heterocycles. The van der Waals surface area contributed by atoms with Gasteiger partial charge in [-0.05, 0) is 74.9 Å². The van der Waals surface area contributed by atoms with Gasteiger partial charge in [-0.3, -0.25) is 9.10 Å². The SMILES string of the molecule is Cc1ccc(C(=O)NC(C)c2ccc(N3CCCC3)cc2)cc1N1CCCCS1(=O)=O. The van der Waals surface area contributed by atoms with Crippen molar-refractivity contribution in [3.05, 3.63) is 59.2 Å². The van der Waals surface area contributed by atoms with Gasteiger partial charge in [-0.1, -0.05) is 18.2 Å². The number of hydrogen-bond acceptors (Lipinski definition) is 4. The third-order valence-electron chi connectivity index (χ3n) is 6.30. The van der Waals surface area contributed by atoms with E-state index in [1.165, 1.54) is 22.8 Å². The number of hydrogen-bond donors (Lipinski definition) is 1. The van der Waals surface area contributed by atoms with Gasteiger partial charge in [0, 0.05) is 30.9 Å². The Bertz CT molecular complexity index is 1040. The van der Waals surface area contributed by atoms with Crippen molar-refractivity contribution in [1.29, 1.82) is 0 Å². The topological polar surface area (TPSA) is 69.7 Å². The molecular weight excluding hydrogens is 410 g/mol. The summed E-state index contributed by atoms with van der Waals surface area (Å²) in [4.78, 5) is 15.3. The van der Waals surface area contributed by atoms with Crippen molar-refractivity contribution in [2.45, 2.75) is 45.6 Å². The number of nitrogens with one attached hydrogen (secondary N) is 1. The zero-order chi connectivity index (χ0) is 22.0. The van der Waals surface area contributed by atoms with Gasteiger partial charge in [0.2, 0.25) is 10.0 Å². The molecule has 4 rings (SSSR count). The van der Waals surface area contributed by atoms with Gasteiger partial charge >= 0.3 is 0 Å². The van der Waals surface area contributed by atoms with Crippen LogP contribution in [0.15, 0.2) is 42.5 Å². The third kappa shape index (κ3) is 4.71. The van der Waals surface area contributed by atoms with E-state index in [0.717, 1.165) is 30.6 Å². The lowest BCUT2D eigenvalue weighted by atomic mass is 10.1. The number of benzene rings is 2. The van der Waals surface area contributed by atoms with E-state index in [-0.39, 0.29) is 17.7 Å². The van der Waals surface area contributed by atoms with Crippen molar-refractivity contribution in [2.24, 2.45) is 0 Å².